The number of nitrogens with zero attached hydrogens (tertiary/aromatic N) is 11. The Labute approximate surface area is 815 Å². The molecule has 14 aromatic rings. The third kappa shape index (κ3) is 24.0. The topological polar surface area (TPSA) is 378 Å². The van der Waals surface area contributed by atoms with Crippen molar-refractivity contribution in [1.29, 1.82) is 0 Å². The Morgan fingerprint density at radius 3 is 1.13 bits per heavy atom. The summed E-state index contributed by atoms with van der Waals surface area (Å²) < 4.78 is 64.0. The number of likely N-dealkylation sites (tertiary alicyclic amines) is 2. The lowest BCUT2D eigenvalue weighted by molar-refractivity contribution is 0.0174. The number of rotatable bonds is 15. The van der Waals surface area contributed by atoms with Crippen molar-refractivity contribution in [2.24, 2.45) is 5.41 Å². The highest BCUT2D eigenvalue weighted by atomic mass is 19.3. The van der Waals surface area contributed by atoms with Gasteiger partial charge in [-0.25, -0.2) is 41.5 Å². The second-order valence-electron chi connectivity index (χ2n) is 36.0. The molecule has 6 aliphatic heterocycles. The number of nitrogens with two attached hydrogens (primary N) is 5. The first-order chi connectivity index (χ1) is 67.9. The summed E-state index contributed by atoms with van der Waals surface area (Å²) in [6.07, 6.45) is 17.1. The molecule has 0 bridgehead atoms. The van der Waals surface area contributed by atoms with Crippen molar-refractivity contribution in [3.63, 3.8) is 0 Å². The summed E-state index contributed by atoms with van der Waals surface area (Å²) >= 11 is 0. The van der Waals surface area contributed by atoms with Gasteiger partial charge in [-0.05, 0) is 267 Å². The van der Waals surface area contributed by atoms with Gasteiger partial charge in [-0.1, -0.05) is 109 Å². The Morgan fingerprint density at radius 1 is 0.383 bits per heavy atom. The number of fused-ring (bicyclic) bond motifs is 4. The van der Waals surface area contributed by atoms with E-state index in [-0.39, 0.29) is 47.4 Å². The van der Waals surface area contributed by atoms with Gasteiger partial charge in [0.2, 0.25) is 0 Å². The lowest BCUT2D eigenvalue weighted by atomic mass is 9.78. The van der Waals surface area contributed by atoms with E-state index in [2.05, 4.69) is 88.5 Å². The van der Waals surface area contributed by atoms with Crippen molar-refractivity contribution in [2.75, 3.05) is 109 Å². The molecule has 2 fully saturated rings. The summed E-state index contributed by atoms with van der Waals surface area (Å²) in [4.78, 5) is 95.6. The van der Waals surface area contributed by atoms with Gasteiger partial charge in [0.05, 0.1) is 95.1 Å². The van der Waals surface area contributed by atoms with Crippen LogP contribution in [0, 0.1) is 37.8 Å². The van der Waals surface area contributed by atoms with E-state index in [1.165, 1.54) is 47.9 Å². The van der Waals surface area contributed by atoms with Crippen molar-refractivity contribution >= 4 is 87.0 Å². The van der Waals surface area contributed by atoms with Crippen molar-refractivity contribution in [1.82, 2.24) is 54.3 Å². The third-order valence-corrected chi connectivity index (χ3v) is 26.1. The molecule has 10 heterocycles. The van der Waals surface area contributed by atoms with Crippen LogP contribution < -0.4 is 60.0 Å². The molecule has 0 aliphatic carbocycles. The monoisotopic (exact) mass is 1900 g/mol. The molecular weight excluding hydrogens is 1790 g/mol. The Bertz CT molecular complexity index is 6830. The molecule has 28 nitrogen and oxygen atoms in total. The molecule has 10 aromatic carbocycles. The standard InChI is InChI=1S/C24H31FN4O2.C22H20F2N4O.C22H22N4O.C21H20N4O2.C20H18FN5O/c1-31-15-14-28-11-8-24(17-28)9-12-29(13-10-24)23(30)27-22-16-19(4-7-21(22)26)18-2-5-20(25)6-3-18;1-22(23,24)18-5-2-14(3-6-18)15-4-7-19(25)20(10-15)27-21(29)28-12-16-8-9-26-11-17(16)13-28;1-14-3-5-19(15(2)9-14)16-4-6-20(23)21(10-16)25-22(27)26-12-17-7-8-24-11-18(17)13-26;1-27-18-5-2-14(3-6-18)15-4-7-19(22)20(10-15)24-21(26)25-12-16-8-9-23-11-17(16)13-25;1-12-8-13(2-4-15(12)21)14-3-5-16(22)17(9-14)25-20(27)26-10-18-19(11-26)24-7-6-23-18/h2-7,16H,8-15,17,26H2,1H3,(H,27,30);2-11H,12-13,25H2,1H3,(H,27,29);3-11H,12-13,23H2,1-2H3,(H,25,27);2-11H,12-13,22H2,1H3,(H,24,26);2-9H,10-11,22H2,1H3,(H,25,27). The van der Waals surface area contributed by atoms with Crippen molar-refractivity contribution in [2.45, 2.75) is 105 Å². The van der Waals surface area contributed by atoms with Crippen LogP contribution in [0.2, 0.25) is 0 Å². The minimum atomic E-state index is -2.89. The Balaban J connectivity index is 0.000000127. The average Bonchev–Trinajstić information content (AvgIpc) is 1.69. The van der Waals surface area contributed by atoms with Crippen molar-refractivity contribution in [3.05, 3.63) is 347 Å². The zero-order valence-electron chi connectivity index (χ0n) is 79.1. The summed E-state index contributed by atoms with van der Waals surface area (Å²) in [6, 6.07) is 63.6. The number of hydrogen-bond acceptors (Lipinski definition) is 18. The average molecular weight is 1900 g/mol. The molecule has 1 spiro atoms. The van der Waals surface area contributed by atoms with Gasteiger partial charge in [-0.15, -0.1) is 0 Å². The van der Waals surface area contributed by atoms with Gasteiger partial charge in [0, 0.05) is 135 Å². The number of methoxy groups -OCH3 is 2. The van der Waals surface area contributed by atoms with E-state index in [0.29, 0.717) is 120 Å². The predicted octanol–water partition coefficient (Wildman–Crippen LogP) is 21.1. The lowest BCUT2D eigenvalue weighted by Crippen LogP contribution is -2.46. The number of hydrogen-bond donors (Lipinski definition) is 10. The van der Waals surface area contributed by atoms with Gasteiger partial charge in [-0.3, -0.25) is 24.9 Å². The largest absolute Gasteiger partial charge is 0.497 e. The van der Waals surface area contributed by atoms with Gasteiger partial charge < -0.3 is 94.1 Å². The number of alkyl halides is 2. The molecule has 15 N–H and O–H groups in total. The van der Waals surface area contributed by atoms with E-state index in [9.17, 15) is 41.5 Å². The van der Waals surface area contributed by atoms with E-state index in [1.54, 1.807) is 163 Å². The summed E-state index contributed by atoms with van der Waals surface area (Å²) in [6.45, 7) is 16.3. The summed E-state index contributed by atoms with van der Waals surface area (Å²) in [5, 5.41) is 14.6. The molecular formula is C109H111F4N21O7. The van der Waals surface area contributed by atoms with Gasteiger partial charge in [0.15, 0.2) is 0 Å². The normalized spacial score (nSPS) is 14.1. The molecule has 6 aliphatic rings. The zero-order chi connectivity index (χ0) is 99.2. The number of benzene rings is 10. The van der Waals surface area contributed by atoms with E-state index in [4.69, 9.17) is 38.1 Å². The number of ether oxygens (including phenoxy) is 2. The number of carbonyl (C=O) groups is 5. The smallest absolute Gasteiger partial charge is 0.322 e. The molecule has 0 unspecified atom stereocenters. The number of anilines is 10. The first kappa shape index (κ1) is 97.6. The Kier molecular flexibility index (Phi) is 30.1. The van der Waals surface area contributed by atoms with Crippen molar-refractivity contribution < 1.29 is 51.0 Å². The zero-order valence-corrected chi connectivity index (χ0v) is 79.1. The number of nitrogen functional groups attached to an aromatic ring is 5. The maximum absolute atomic E-state index is 13.5. The van der Waals surface area contributed by atoms with Crippen LogP contribution in [0.1, 0.15) is 93.2 Å². The fourth-order valence-corrected chi connectivity index (χ4v) is 17.9. The fraction of sp³-hybridized carbons (Fsp3) is 0.229. The maximum atomic E-state index is 13.5. The summed E-state index contributed by atoms with van der Waals surface area (Å²) in [5.41, 5.74) is 56.2. The molecule has 32 heteroatoms. The second kappa shape index (κ2) is 43.5. The number of amides is 10. The van der Waals surface area contributed by atoms with Crippen LogP contribution in [0.25, 0.3) is 55.6 Å². The number of halogens is 4. The molecule has 20 rings (SSSR count). The number of aryl methyl sites for hydroxylation is 3. The van der Waals surface area contributed by atoms with Crippen LogP contribution in [0.3, 0.4) is 0 Å². The number of aromatic nitrogens is 5. The minimum absolute atomic E-state index is 0.0479. The van der Waals surface area contributed by atoms with E-state index >= 15 is 0 Å². The van der Waals surface area contributed by atoms with Gasteiger partial charge in [0.25, 0.3) is 5.92 Å². The molecule has 2 saturated heterocycles. The molecule has 722 valence electrons. The van der Waals surface area contributed by atoms with Crippen LogP contribution in [0.5, 0.6) is 5.75 Å². The molecule has 4 aromatic heterocycles. The third-order valence-electron chi connectivity index (χ3n) is 26.1. The molecule has 10 amide bonds. The first-order valence-corrected chi connectivity index (χ1v) is 46.2. The highest BCUT2D eigenvalue weighted by molar-refractivity contribution is 5.98. The van der Waals surface area contributed by atoms with Gasteiger partial charge >= 0.3 is 30.2 Å². The van der Waals surface area contributed by atoms with Crippen LogP contribution in [-0.4, -0.2) is 138 Å². The van der Waals surface area contributed by atoms with E-state index < -0.39 is 5.92 Å². The highest BCUT2D eigenvalue weighted by Gasteiger charge is 2.42. The molecule has 0 atom stereocenters. The SMILES string of the molecule is CC(F)(F)c1ccc(-c2ccc(N)c(NC(=O)N3Cc4ccncc4C3)c2)cc1.COCCN1CCC2(CCN(C(=O)Nc3cc(-c4ccc(F)cc4)ccc3N)CC2)C1.COc1ccc(-c2ccc(N)c(NC(=O)N3Cc4ccncc4C3)c2)cc1.Cc1cc(-c2ccc(N)c(NC(=O)N3Cc4nccnc4C3)c2)ccc1F.Cc1ccc(-c2ccc(N)c(NC(=O)N3Cc4ccncc4C3)c2)c(C)c1. The number of nitrogens with one attached hydrogen (secondary N) is 5. The minimum Gasteiger partial charge on any atom is -0.497 e. The van der Waals surface area contributed by atoms with Gasteiger partial charge in [-0.2, -0.15) is 0 Å². The highest BCUT2D eigenvalue weighted by Crippen LogP contribution is 2.43. The van der Waals surface area contributed by atoms with Crippen LogP contribution in [0.15, 0.2) is 268 Å². The Hall–Kier alpha value is -16.5. The maximum Gasteiger partial charge on any atom is 0.322 e. The molecule has 141 heavy (non-hydrogen) atoms. The lowest BCUT2D eigenvalue weighted by Gasteiger charge is -2.39. The van der Waals surface area contributed by atoms with Crippen LogP contribution >= 0.6 is 0 Å². The molecule has 0 radical (unpaired) electrons. The fourth-order valence-electron chi connectivity index (χ4n) is 17.9. The second-order valence-corrected chi connectivity index (χ2v) is 36.0. The van der Waals surface area contributed by atoms with E-state index in [0.717, 1.165) is 165 Å². The number of pyridine rings is 3. The summed E-state index contributed by atoms with van der Waals surface area (Å²) in [7, 11) is 3.38. The number of carbonyl (C=O) groups excluding carboxylic acids is 5. The van der Waals surface area contributed by atoms with Gasteiger partial charge in [0.1, 0.15) is 17.4 Å². The number of piperidine rings is 1. The predicted molar refractivity (Wildman–Crippen MR) is 545 cm³/mol. The quantitative estimate of drug-likeness (QED) is 0.0337. The van der Waals surface area contributed by atoms with E-state index in [1.807, 2.05) is 102 Å². The van der Waals surface area contributed by atoms with Crippen LogP contribution in [0.4, 0.5) is 98.4 Å². The summed E-state index contributed by atoms with van der Waals surface area (Å²) in [5.74, 6) is -2.62. The first-order valence-electron chi connectivity index (χ1n) is 46.2. The van der Waals surface area contributed by atoms with Crippen molar-refractivity contribution in [3.8, 4) is 61.4 Å². The molecule has 0 saturated carbocycles. The Morgan fingerprint density at radius 2 is 0.738 bits per heavy atom. The number of urea groups is 5. The van der Waals surface area contributed by atoms with Crippen LogP contribution in [-0.2, 0) is 63.0 Å².